The van der Waals surface area contributed by atoms with Crippen LogP contribution in [0.5, 0.6) is 0 Å². The molecule has 0 spiro atoms. The summed E-state index contributed by atoms with van der Waals surface area (Å²) < 4.78 is 5.34. The maximum absolute atomic E-state index is 12.6. The Morgan fingerprint density at radius 3 is 2.59 bits per heavy atom. The summed E-state index contributed by atoms with van der Waals surface area (Å²) in [6.45, 7) is 6.04. The first kappa shape index (κ1) is 22.5. The summed E-state index contributed by atoms with van der Waals surface area (Å²) in [6, 6.07) is 11.4. The Balaban J connectivity index is 1.22. The van der Waals surface area contributed by atoms with Crippen molar-refractivity contribution in [2.45, 2.75) is 32.4 Å². The van der Waals surface area contributed by atoms with Crippen LogP contribution in [0.2, 0.25) is 0 Å². The number of rotatable bonds is 6. The minimum absolute atomic E-state index is 0.143. The monoisotopic (exact) mass is 455 g/mol. The van der Waals surface area contributed by atoms with Crippen LogP contribution in [0.25, 0.3) is 0 Å². The number of carbonyl (C=O) groups excluding carboxylic acids is 3. The molecule has 8 heteroatoms. The molecule has 0 aliphatic carbocycles. The number of nitrogens with zero attached hydrogens (tertiary/aromatic N) is 3. The molecule has 7 nitrogen and oxygen atoms in total. The molecule has 2 saturated heterocycles. The number of esters is 1. The highest BCUT2D eigenvalue weighted by Crippen LogP contribution is 2.23. The van der Waals surface area contributed by atoms with E-state index in [-0.39, 0.29) is 18.4 Å². The first-order valence-corrected chi connectivity index (χ1v) is 12.0. The van der Waals surface area contributed by atoms with Gasteiger partial charge in [0.1, 0.15) is 6.04 Å². The maximum atomic E-state index is 12.6. The molecule has 32 heavy (non-hydrogen) atoms. The number of aryl methyl sites for hydroxylation is 1. The van der Waals surface area contributed by atoms with Crippen LogP contribution in [0.1, 0.15) is 33.6 Å². The average molecular weight is 456 g/mol. The molecule has 1 aromatic carbocycles. The maximum Gasteiger partial charge on any atom is 0.329 e. The van der Waals surface area contributed by atoms with E-state index in [9.17, 15) is 14.4 Å². The molecule has 2 aliphatic rings. The normalized spacial score (nSPS) is 19.2. The first-order valence-electron chi connectivity index (χ1n) is 11.1. The van der Waals surface area contributed by atoms with Gasteiger partial charge in [-0.2, -0.15) is 0 Å². The first-order chi connectivity index (χ1) is 15.5. The molecule has 2 amide bonds. The van der Waals surface area contributed by atoms with Gasteiger partial charge in [-0.3, -0.25) is 14.5 Å². The Kier molecular flexibility index (Phi) is 7.22. The van der Waals surface area contributed by atoms with E-state index >= 15 is 0 Å². The number of carbonyl (C=O) groups is 3. The molecule has 0 unspecified atom stereocenters. The van der Waals surface area contributed by atoms with Gasteiger partial charge in [-0.1, -0.05) is 35.9 Å². The lowest BCUT2D eigenvalue weighted by Gasteiger charge is -2.34. The fraction of sp³-hybridized carbons (Fsp3) is 0.458. The van der Waals surface area contributed by atoms with Crippen LogP contribution in [0.15, 0.2) is 41.8 Å². The lowest BCUT2D eigenvalue weighted by atomic mass is 10.1. The number of benzene rings is 1. The molecule has 1 aromatic heterocycles. The number of thiophene rings is 1. The molecule has 170 valence electrons. The number of piperazine rings is 1. The van der Waals surface area contributed by atoms with E-state index in [0.29, 0.717) is 30.9 Å². The van der Waals surface area contributed by atoms with Crippen molar-refractivity contribution in [3.05, 3.63) is 57.8 Å². The molecular weight excluding hydrogens is 426 g/mol. The number of amides is 2. The van der Waals surface area contributed by atoms with Gasteiger partial charge < -0.3 is 14.5 Å². The van der Waals surface area contributed by atoms with E-state index in [1.165, 1.54) is 22.5 Å². The predicted molar refractivity (Wildman–Crippen MR) is 122 cm³/mol. The zero-order chi connectivity index (χ0) is 22.5. The van der Waals surface area contributed by atoms with Gasteiger partial charge in [-0.25, -0.2) is 4.79 Å². The minimum Gasteiger partial charge on any atom is -0.454 e. The van der Waals surface area contributed by atoms with Gasteiger partial charge in [0, 0.05) is 39.3 Å². The van der Waals surface area contributed by atoms with Gasteiger partial charge in [0.15, 0.2) is 6.61 Å². The third kappa shape index (κ3) is 5.37. The van der Waals surface area contributed by atoms with E-state index in [2.05, 4.69) is 36.1 Å². The van der Waals surface area contributed by atoms with Gasteiger partial charge in [0.25, 0.3) is 11.8 Å². The van der Waals surface area contributed by atoms with Gasteiger partial charge in [-0.05, 0) is 36.8 Å². The molecule has 0 bridgehead atoms. The Hall–Kier alpha value is -2.71. The SMILES string of the molecule is Cc1cccc(CN2CCN(C(=O)COC(=O)[C@@H]3CCCN3C(=O)c3cccs3)CC2)c1. The zero-order valence-corrected chi connectivity index (χ0v) is 19.2. The quantitative estimate of drug-likeness (QED) is 0.626. The van der Waals surface area contributed by atoms with Crippen molar-refractivity contribution < 1.29 is 19.1 Å². The number of ether oxygens (including phenoxy) is 1. The van der Waals surface area contributed by atoms with Crippen molar-refractivity contribution in [3.63, 3.8) is 0 Å². The van der Waals surface area contributed by atoms with Crippen molar-refractivity contribution in [3.8, 4) is 0 Å². The summed E-state index contributed by atoms with van der Waals surface area (Å²) in [7, 11) is 0. The van der Waals surface area contributed by atoms with Crippen molar-refractivity contribution in [1.29, 1.82) is 0 Å². The molecule has 2 fully saturated rings. The number of likely N-dealkylation sites (tertiary alicyclic amines) is 1. The van der Waals surface area contributed by atoms with E-state index in [0.717, 1.165) is 26.1 Å². The molecule has 1 atom stereocenters. The fourth-order valence-corrected chi connectivity index (χ4v) is 5.02. The Morgan fingerprint density at radius 2 is 1.88 bits per heavy atom. The van der Waals surface area contributed by atoms with Crippen LogP contribution in [0.4, 0.5) is 0 Å². The largest absolute Gasteiger partial charge is 0.454 e. The van der Waals surface area contributed by atoms with Crippen LogP contribution >= 0.6 is 11.3 Å². The summed E-state index contributed by atoms with van der Waals surface area (Å²) >= 11 is 1.36. The predicted octanol–water partition coefficient (Wildman–Crippen LogP) is 2.55. The molecule has 0 N–H and O–H groups in total. The highest BCUT2D eigenvalue weighted by atomic mass is 32.1. The van der Waals surface area contributed by atoms with Crippen LogP contribution in [0.3, 0.4) is 0 Å². The van der Waals surface area contributed by atoms with Crippen LogP contribution in [0, 0.1) is 6.92 Å². The zero-order valence-electron chi connectivity index (χ0n) is 18.4. The summed E-state index contributed by atoms with van der Waals surface area (Å²) in [5, 5.41) is 1.84. The van der Waals surface area contributed by atoms with Gasteiger partial charge in [0.2, 0.25) is 0 Å². The topological polar surface area (TPSA) is 70.2 Å². The van der Waals surface area contributed by atoms with E-state index in [4.69, 9.17) is 4.74 Å². The molecule has 2 aliphatic heterocycles. The summed E-state index contributed by atoms with van der Waals surface area (Å²) in [4.78, 5) is 44.1. The van der Waals surface area contributed by atoms with Crippen molar-refractivity contribution in [1.82, 2.24) is 14.7 Å². The van der Waals surface area contributed by atoms with E-state index in [1.54, 1.807) is 15.9 Å². The molecular formula is C24H29N3O4S. The van der Waals surface area contributed by atoms with Crippen molar-refractivity contribution in [2.75, 3.05) is 39.3 Å². The second kappa shape index (κ2) is 10.3. The second-order valence-corrected chi connectivity index (χ2v) is 9.34. The van der Waals surface area contributed by atoms with Gasteiger partial charge in [0.05, 0.1) is 4.88 Å². The highest BCUT2D eigenvalue weighted by molar-refractivity contribution is 7.12. The molecule has 2 aromatic rings. The summed E-state index contributed by atoms with van der Waals surface area (Å²) in [5.74, 6) is -0.808. The highest BCUT2D eigenvalue weighted by Gasteiger charge is 2.36. The number of hydrogen-bond donors (Lipinski definition) is 0. The third-order valence-corrected chi connectivity index (χ3v) is 6.93. The van der Waals surface area contributed by atoms with E-state index < -0.39 is 12.0 Å². The van der Waals surface area contributed by atoms with Crippen molar-refractivity contribution >= 4 is 29.1 Å². The third-order valence-electron chi connectivity index (χ3n) is 6.07. The van der Waals surface area contributed by atoms with Gasteiger partial charge >= 0.3 is 5.97 Å². The molecule has 0 radical (unpaired) electrons. The van der Waals surface area contributed by atoms with Crippen LogP contribution < -0.4 is 0 Å². The summed E-state index contributed by atoms with van der Waals surface area (Å²) in [5.41, 5.74) is 2.52. The molecule has 0 saturated carbocycles. The van der Waals surface area contributed by atoms with Crippen LogP contribution in [-0.4, -0.2) is 77.9 Å². The number of hydrogen-bond acceptors (Lipinski definition) is 6. The van der Waals surface area contributed by atoms with Gasteiger partial charge in [-0.15, -0.1) is 11.3 Å². The summed E-state index contributed by atoms with van der Waals surface area (Å²) in [6.07, 6.45) is 1.33. The minimum atomic E-state index is -0.608. The Labute approximate surface area is 192 Å². The standard InChI is InChI=1S/C24H29N3O4S/c1-18-5-2-6-19(15-18)16-25-10-12-26(13-11-25)22(28)17-31-24(30)20-7-3-9-27(20)23(29)21-8-4-14-32-21/h2,4-6,8,14-15,20H,3,7,9-13,16-17H2,1H3/t20-/m0/s1. The smallest absolute Gasteiger partial charge is 0.329 e. The Morgan fingerprint density at radius 1 is 1.06 bits per heavy atom. The lowest BCUT2D eigenvalue weighted by Crippen LogP contribution is -2.49. The van der Waals surface area contributed by atoms with Crippen LogP contribution in [-0.2, 0) is 20.9 Å². The average Bonchev–Trinajstić information content (AvgIpc) is 3.50. The second-order valence-electron chi connectivity index (χ2n) is 8.39. The van der Waals surface area contributed by atoms with E-state index in [1.807, 2.05) is 11.4 Å². The fourth-order valence-electron chi connectivity index (χ4n) is 4.34. The lowest BCUT2D eigenvalue weighted by molar-refractivity contribution is -0.155. The van der Waals surface area contributed by atoms with Crippen molar-refractivity contribution in [2.24, 2.45) is 0 Å². The molecule has 4 rings (SSSR count). The molecule has 3 heterocycles. The Bertz CT molecular complexity index is 954.